The average molecular weight is 286 g/mol. The van der Waals surface area contributed by atoms with Gasteiger partial charge in [-0.1, -0.05) is 13.8 Å². The van der Waals surface area contributed by atoms with Gasteiger partial charge in [0.1, 0.15) is 0 Å². The number of halogens is 1. The van der Waals surface area contributed by atoms with Gasteiger partial charge in [0.05, 0.1) is 0 Å². The van der Waals surface area contributed by atoms with Crippen LogP contribution in [-0.2, 0) is 10.2 Å². The Morgan fingerprint density at radius 1 is 1.53 bits per heavy atom. The summed E-state index contributed by atoms with van der Waals surface area (Å²) >= 11 is 0. The molecule has 2 unspecified atom stereocenters. The smallest absolute Gasteiger partial charge is 0.279 e. The van der Waals surface area contributed by atoms with E-state index in [-0.39, 0.29) is 18.3 Å². The lowest BCUT2D eigenvalue weighted by Crippen LogP contribution is -2.46. The minimum absolute atomic E-state index is 0. The Kier molecular flexibility index (Phi) is 7.58. The topological polar surface area (TPSA) is 75.4 Å². The molecule has 1 aliphatic rings. The number of nitrogens with two attached hydrogens (primary N) is 1. The lowest BCUT2D eigenvalue weighted by atomic mass is 10.0. The molecule has 0 spiro atoms. The molecule has 3 N–H and O–H groups in total. The fourth-order valence-electron chi connectivity index (χ4n) is 1.79. The summed E-state index contributed by atoms with van der Waals surface area (Å²) in [6.45, 7) is 6.21. The lowest BCUT2D eigenvalue weighted by molar-refractivity contribution is 0.277. The van der Waals surface area contributed by atoms with Crippen LogP contribution in [0.25, 0.3) is 0 Å². The Hall–Kier alpha value is 0.120. The van der Waals surface area contributed by atoms with E-state index >= 15 is 0 Å². The van der Waals surface area contributed by atoms with Gasteiger partial charge in [-0.3, -0.25) is 0 Å². The zero-order valence-corrected chi connectivity index (χ0v) is 12.2. The van der Waals surface area contributed by atoms with Crippen LogP contribution in [0.2, 0.25) is 0 Å². The number of nitrogens with one attached hydrogen (secondary N) is 1. The van der Waals surface area contributed by atoms with E-state index in [9.17, 15) is 8.42 Å². The van der Waals surface area contributed by atoms with Gasteiger partial charge in [-0.15, -0.1) is 12.4 Å². The first-order valence-corrected chi connectivity index (χ1v) is 7.34. The number of rotatable bonds is 5. The third-order valence-corrected chi connectivity index (χ3v) is 4.52. The van der Waals surface area contributed by atoms with Crippen molar-refractivity contribution >= 4 is 22.6 Å². The highest BCUT2D eigenvalue weighted by molar-refractivity contribution is 7.87. The molecule has 2 atom stereocenters. The van der Waals surface area contributed by atoms with E-state index in [1.165, 1.54) is 0 Å². The van der Waals surface area contributed by atoms with Crippen molar-refractivity contribution in [3.05, 3.63) is 0 Å². The van der Waals surface area contributed by atoms with Crippen molar-refractivity contribution in [1.82, 2.24) is 9.03 Å². The molecular formula is C10H24ClN3O2S. The van der Waals surface area contributed by atoms with Gasteiger partial charge in [-0.2, -0.15) is 12.7 Å². The fraction of sp³-hybridized carbons (Fsp3) is 1.00. The van der Waals surface area contributed by atoms with Crippen LogP contribution in [0, 0.1) is 11.8 Å². The van der Waals surface area contributed by atoms with Crippen LogP contribution in [0.3, 0.4) is 0 Å². The minimum atomic E-state index is -3.29. The van der Waals surface area contributed by atoms with E-state index in [0.717, 1.165) is 12.8 Å². The largest absolute Gasteiger partial charge is 0.330 e. The van der Waals surface area contributed by atoms with Crippen molar-refractivity contribution in [3.8, 4) is 0 Å². The molecule has 0 aromatic rings. The van der Waals surface area contributed by atoms with Crippen LogP contribution in [0.15, 0.2) is 0 Å². The molecule has 0 aliphatic carbocycles. The molecule has 0 amide bonds. The molecule has 1 rings (SSSR count). The van der Waals surface area contributed by atoms with E-state index in [4.69, 9.17) is 5.73 Å². The Morgan fingerprint density at radius 3 is 2.71 bits per heavy atom. The maximum atomic E-state index is 11.9. The predicted molar refractivity (Wildman–Crippen MR) is 72.4 cm³/mol. The van der Waals surface area contributed by atoms with Crippen LogP contribution in [0.1, 0.15) is 26.7 Å². The third-order valence-electron chi connectivity index (χ3n) is 2.98. The van der Waals surface area contributed by atoms with Gasteiger partial charge in [-0.05, 0) is 31.2 Å². The SMILES string of the molecule is CC(CN)CNS(=O)(=O)N1CCCC(C)C1.Cl. The van der Waals surface area contributed by atoms with Gasteiger partial charge in [0, 0.05) is 19.6 Å². The summed E-state index contributed by atoms with van der Waals surface area (Å²) in [5.41, 5.74) is 5.45. The first-order valence-electron chi connectivity index (χ1n) is 5.90. The quantitative estimate of drug-likeness (QED) is 0.775. The van der Waals surface area contributed by atoms with E-state index in [0.29, 0.717) is 32.1 Å². The first-order chi connectivity index (χ1) is 7.45. The zero-order chi connectivity index (χ0) is 12.2. The number of nitrogens with zero attached hydrogens (tertiary/aromatic N) is 1. The predicted octanol–water partition coefficient (Wildman–Crippen LogP) is 0.569. The maximum Gasteiger partial charge on any atom is 0.279 e. The standard InChI is InChI=1S/C10H23N3O2S.ClH/c1-9-4-3-5-13(8-9)16(14,15)12-7-10(2)6-11;/h9-10,12H,3-8,11H2,1-2H3;1H. The van der Waals surface area contributed by atoms with E-state index in [2.05, 4.69) is 11.6 Å². The van der Waals surface area contributed by atoms with Crippen molar-refractivity contribution in [2.45, 2.75) is 26.7 Å². The van der Waals surface area contributed by atoms with Gasteiger partial charge >= 0.3 is 0 Å². The molecule has 0 saturated carbocycles. The van der Waals surface area contributed by atoms with Gasteiger partial charge in [-0.25, -0.2) is 4.72 Å². The van der Waals surface area contributed by atoms with E-state index in [1.54, 1.807) is 4.31 Å². The second-order valence-corrected chi connectivity index (χ2v) is 6.55. The van der Waals surface area contributed by atoms with Crippen molar-refractivity contribution in [1.29, 1.82) is 0 Å². The van der Waals surface area contributed by atoms with Crippen LogP contribution < -0.4 is 10.5 Å². The molecule has 7 heteroatoms. The zero-order valence-electron chi connectivity index (χ0n) is 10.6. The van der Waals surface area contributed by atoms with E-state index in [1.807, 2.05) is 6.92 Å². The Morgan fingerprint density at radius 2 is 2.18 bits per heavy atom. The normalized spacial score (nSPS) is 24.1. The molecule has 17 heavy (non-hydrogen) atoms. The molecular weight excluding hydrogens is 262 g/mol. The molecule has 5 nitrogen and oxygen atoms in total. The molecule has 1 saturated heterocycles. The maximum absolute atomic E-state index is 11.9. The van der Waals surface area contributed by atoms with Gasteiger partial charge in [0.15, 0.2) is 0 Å². The Bertz CT molecular complexity index is 311. The molecule has 1 heterocycles. The number of hydrogen-bond donors (Lipinski definition) is 2. The first kappa shape index (κ1) is 17.1. The summed E-state index contributed by atoms with van der Waals surface area (Å²) in [7, 11) is -3.29. The summed E-state index contributed by atoms with van der Waals surface area (Å²) in [5.74, 6) is 0.634. The van der Waals surface area contributed by atoms with Crippen molar-refractivity contribution < 1.29 is 8.42 Å². The summed E-state index contributed by atoms with van der Waals surface area (Å²) in [4.78, 5) is 0. The fourth-order valence-corrected chi connectivity index (χ4v) is 3.28. The minimum Gasteiger partial charge on any atom is -0.330 e. The number of piperidine rings is 1. The van der Waals surface area contributed by atoms with Crippen molar-refractivity contribution in [2.75, 3.05) is 26.2 Å². The molecule has 0 radical (unpaired) electrons. The van der Waals surface area contributed by atoms with Crippen LogP contribution >= 0.6 is 12.4 Å². The van der Waals surface area contributed by atoms with Crippen molar-refractivity contribution in [2.24, 2.45) is 17.6 Å². The van der Waals surface area contributed by atoms with E-state index < -0.39 is 10.2 Å². The lowest BCUT2D eigenvalue weighted by Gasteiger charge is -2.30. The molecule has 104 valence electrons. The number of hydrogen-bond acceptors (Lipinski definition) is 3. The molecule has 0 aromatic carbocycles. The molecule has 1 aliphatic heterocycles. The Balaban J connectivity index is 0.00000256. The summed E-state index contributed by atoms with van der Waals surface area (Å²) < 4.78 is 28.0. The second-order valence-electron chi connectivity index (χ2n) is 4.80. The summed E-state index contributed by atoms with van der Waals surface area (Å²) in [6, 6.07) is 0. The van der Waals surface area contributed by atoms with Gasteiger partial charge in [0.2, 0.25) is 0 Å². The van der Waals surface area contributed by atoms with Crippen LogP contribution in [0.4, 0.5) is 0 Å². The van der Waals surface area contributed by atoms with Gasteiger partial charge in [0.25, 0.3) is 10.2 Å². The third kappa shape index (κ3) is 5.52. The molecule has 1 fully saturated rings. The van der Waals surface area contributed by atoms with Crippen LogP contribution in [0.5, 0.6) is 0 Å². The summed E-state index contributed by atoms with van der Waals surface area (Å²) in [5, 5.41) is 0. The van der Waals surface area contributed by atoms with Crippen molar-refractivity contribution in [3.63, 3.8) is 0 Å². The van der Waals surface area contributed by atoms with Gasteiger partial charge < -0.3 is 5.73 Å². The highest BCUT2D eigenvalue weighted by atomic mass is 35.5. The average Bonchev–Trinajstić information content (AvgIpc) is 2.26. The molecule has 0 bridgehead atoms. The highest BCUT2D eigenvalue weighted by Crippen LogP contribution is 2.17. The highest BCUT2D eigenvalue weighted by Gasteiger charge is 2.26. The Labute approximate surface area is 111 Å². The van der Waals surface area contributed by atoms with Crippen LogP contribution in [-0.4, -0.2) is 38.9 Å². The second kappa shape index (κ2) is 7.53. The monoisotopic (exact) mass is 285 g/mol. The summed E-state index contributed by atoms with van der Waals surface area (Å²) in [6.07, 6.45) is 2.07. The molecule has 0 aromatic heterocycles.